The predicted octanol–water partition coefficient (Wildman–Crippen LogP) is 4.65. The molecule has 126 valence electrons. The number of aromatic nitrogens is 1. The van der Waals surface area contributed by atoms with Gasteiger partial charge in [-0.1, -0.05) is 23.4 Å². The van der Waals surface area contributed by atoms with E-state index >= 15 is 0 Å². The molecule has 6 nitrogen and oxygen atoms in total. The fraction of sp³-hybridized carbons (Fsp3) is 0.158. The van der Waals surface area contributed by atoms with Crippen LogP contribution in [-0.2, 0) is 11.3 Å². The molecule has 0 saturated carbocycles. The van der Waals surface area contributed by atoms with E-state index in [2.05, 4.69) is 5.16 Å². The molecule has 0 spiro atoms. The lowest BCUT2D eigenvalue weighted by molar-refractivity contribution is 0.0462. The lowest BCUT2D eigenvalue weighted by Gasteiger charge is -2.00. The molecule has 0 aliphatic rings. The number of aryl methyl sites for hydroxylation is 2. The zero-order chi connectivity index (χ0) is 17.4. The van der Waals surface area contributed by atoms with Gasteiger partial charge >= 0.3 is 5.97 Å². The summed E-state index contributed by atoms with van der Waals surface area (Å²) < 4.78 is 21.6. The zero-order valence-corrected chi connectivity index (χ0v) is 13.7. The second-order valence-corrected chi connectivity index (χ2v) is 5.73. The van der Waals surface area contributed by atoms with Gasteiger partial charge in [-0.05, 0) is 32.0 Å². The van der Waals surface area contributed by atoms with Gasteiger partial charge < -0.3 is 18.1 Å². The Hall–Kier alpha value is -3.28. The number of esters is 1. The van der Waals surface area contributed by atoms with Crippen molar-refractivity contribution in [2.45, 2.75) is 20.5 Å². The van der Waals surface area contributed by atoms with Gasteiger partial charge in [0, 0.05) is 11.5 Å². The van der Waals surface area contributed by atoms with Crippen LogP contribution in [0.3, 0.4) is 0 Å². The number of carbonyl (C=O) groups excluding carboxylic acids is 1. The molecular weight excluding hydrogens is 322 g/mol. The summed E-state index contributed by atoms with van der Waals surface area (Å²) in [7, 11) is 0. The maximum atomic E-state index is 12.1. The van der Waals surface area contributed by atoms with Gasteiger partial charge in [-0.15, -0.1) is 0 Å². The first-order chi connectivity index (χ1) is 12.1. The number of ether oxygens (including phenoxy) is 1. The number of benzene rings is 1. The predicted molar refractivity (Wildman–Crippen MR) is 89.0 cm³/mol. The van der Waals surface area contributed by atoms with Crippen LogP contribution in [-0.4, -0.2) is 11.1 Å². The van der Waals surface area contributed by atoms with E-state index in [0.717, 1.165) is 11.0 Å². The van der Waals surface area contributed by atoms with Crippen molar-refractivity contribution in [1.82, 2.24) is 5.16 Å². The van der Waals surface area contributed by atoms with E-state index in [4.69, 9.17) is 18.1 Å². The Morgan fingerprint density at radius 3 is 2.68 bits per heavy atom. The average Bonchev–Trinajstić information content (AvgIpc) is 3.29. The van der Waals surface area contributed by atoms with Crippen molar-refractivity contribution in [3.63, 3.8) is 0 Å². The van der Waals surface area contributed by atoms with Crippen molar-refractivity contribution in [3.05, 3.63) is 65.2 Å². The van der Waals surface area contributed by atoms with Gasteiger partial charge in [0.25, 0.3) is 0 Å². The quantitative estimate of drug-likeness (QED) is 0.504. The highest BCUT2D eigenvalue weighted by molar-refractivity contribution is 5.90. The standard InChI is InChI=1S/C19H15NO5/c1-11-7-15(12(2)23-11)19(21)22-10-14-9-18(25-20-14)17-8-13-5-3-4-6-16(13)24-17/h3-9H,10H2,1-2H3. The molecule has 0 aliphatic carbocycles. The molecule has 6 heteroatoms. The molecule has 0 atom stereocenters. The number of fused-ring (bicyclic) bond motifs is 1. The number of nitrogens with zero attached hydrogens (tertiary/aromatic N) is 1. The third-order valence-corrected chi connectivity index (χ3v) is 3.84. The molecule has 3 heterocycles. The lowest BCUT2D eigenvalue weighted by Crippen LogP contribution is -2.05. The highest BCUT2D eigenvalue weighted by atomic mass is 16.5. The number of para-hydroxylation sites is 1. The minimum atomic E-state index is -0.456. The van der Waals surface area contributed by atoms with Crippen LogP contribution >= 0.6 is 0 Å². The molecule has 0 aliphatic heterocycles. The molecule has 0 bridgehead atoms. The summed E-state index contributed by atoms with van der Waals surface area (Å²) >= 11 is 0. The van der Waals surface area contributed by atoms with Crippen LogP contribution in [0.1, 0.15) is 27.6 Å². The Bertz CT molecular complexity index is 1020. The summed E-state index contributed by atoms with van der Waals surface area (Å²) in [6, 6.07) is 12.9. The van der Waals surface area contributed by atoms with E-state index in [0.29, 0.717) is 34.3 Å². The number of furan rings is 2. The van der Waals surface area contributed by atoms with Gasteiger partial charge in [0.15, 0.2) is 5.76 Å². The SMILES string of the molecule is Cc1cc(C(=O)OCc2cc(-c3cc4ccccc4o3)on2)c(C)o1. The van der Waals surface area contributed by atoms with E-state index in [9.17, 15) is 4.79 Å². The maximum Gasteiger partial charge on any atom is 0.342 e. The molecule has 0 saturated heterocycles. The Labute approximate surface area is 143 Å². The molecule has 0 radical (unpaired) electrons. The molecule has 0 N–H and O–H groups in total. The summed E-state index contributed by atoms with van der Waals surface area (Å²) in [6.07, 6.45) is 0. The minimum absolute atomic E-state index is 0.00618. The summed E-state index contributed by atoms with van der Waals surface area (Å²) in [4.78, 5) is 12.1. The summed E-state index contributed by atoms with van der Waals surface area (Å²) in [5.41, 5.74) is 1.69. The molecule has 4 rings (SSSR count). The Morgan fingerprint density at radius 2 is 1.92 bits per heavy atom. The smallest absolute Gasteiger partial charge is 0.342 e. The van der Waals surface area contributed by atoms with Crippen molar-refractivity contribution in [1.29, 1.82) is 0 Å². The summed E-state index contributed by atoms with van der Waals surface area (Å²) in [6.45, 7) is 3.51. The van der Waals surface area contributed by atoms with Crippen LogP contribution in [0.25, 0.3) is 22.5 Å². The Morgan fingerprint density at radius 1 is 1.08 bits per heavy atom. The number of hydrogen-bond acceptors (Lipinski definition) is 6. The largest absolute Gasteiger partial charge is 0.466 e. The fourth-order valence-electron chi connectivity index (χ4n) is 2.65. The summed E-state index contributed by atoms with van der Waals surface area (Å²) in [5.74, 6) is 1.80. The first kappa shape index (κ1) is 15.3. The van der Waals surface area contributed by atoms with Gasteiger partial charge in [0.05, 0.1) is 0 Å². The van der Waals surface area contributed by atoms with Crippen molar-refractivity contribution in [3.8, 4) is 11.5 Å². The number of carbonyl (C=O) groups is 1. The first-order valence-corrected chi connectivity index (χ1v) is 7.79. The van der Waals surface area contributed by atoms with E-state index in [-0.39, 0.29) is 6.61 Å². The molecule has 1 aromatic carbocycles. The minimum Gasteiger partial charge on any atom is -0.466 e. The third-order valence-electron chi connectivity index (χ3n) is 3.84. The van der Waals surface area contributed by atoms with E-state index < -0.39 is 5.97 Å². The molecule has 0 unspecified atom stereocenters. The topological polar surface area (TPSA) is 78.6 Å². The van der Waals surface area contributed by atoms with Crippen molar-refractivity contribution < 1.29 is 22.9 Å². The van der Waals surface area contributed by atoms with Gasteiger partial charge in [0.1, 0.15) is 35.0 Å². The first-order valence-electron chi connectivity index (χ1n) is 7.79. The second kappa shape index (κ2) is 5.98. The molecule has 0 amide bonds. The van der Waals surface area contributed by atoms with Crippen LogP contribution < -0.4 is 0 Å². The highest BCUT2D eigenvalue weighted by Gasteiger charge is 2.17. The van der Waals surface area contributed by atoms with Gasteiger partial charge in [0.2, 0.25) is 5.76 Å². The molecule has 25 heavy (non-hydrogen) atoms. The van der Waals surface area contributed by atoms with E-state index in [1.165, 1.54) is 0 Å². The highest BCUT2D eigenvalue weighted by Crippen LogP contribution is 2.28. The normalized spacial score (nSPS) is 11.1. The Kier molecular flexibility index (Phi) is 3.65. The van der Waals surface area contributed by atoms with Crippen LogP contribution in [0.2, 0.25) is 0 Å². The van der Waals surface area contributed by atoms with Crippen LogP contribution in [0.5, 0.6) is 0 Å². The molecular formula is C19H15NO5. The lowest BCUT2D eigenvalue weighted by atomic mass is 10.2. The van der Waals surface area contributed by atoms with Crippen molar-refractivity contribution in [2.24, 2.45) is 0 Å². The van der Waals surface area contributed by atoms with Crippen molar-refractivity contribution >= 4 is 16.9 Å². The monoisotopic (exact) mass is 337 g/mol. The number of rotatable bonds is 4. The molecule has 3 aromatic heterocycles. The molecule has 4 aromatic rings. The van der Waals surface area contributed by atoms with Crippen LogP contribution in [0.4, 0.5) is 0 Å². The number of hydrogen-bond donors (Lipinski definition) is 0. The molecule has 0 fully saturated rings. The third kappa shape index (κ3) is 2.94. The Balaban J connectivity index is 1.48. The van der Waals surface area contributed by atoms with Crippen LogP contribution in [0.15, 0.2) is 55.8 Å². The maximum absolute atomic E-state index is 12.1. The zero-order valence-electron chi connectivity index (χ0n) is 13.7. The van der Waals surface area contributed by atoms with E-state index in [1.54, 1.807) is 26.0 Å². The van der Waals surface area contributed by atoms with Crippen molar-refractivity contribution in [2.75, 3.05) is 0 Å². The summed E-state index contributed by atoms with van der Waals surface area (Å²) in [5, 5.41) is 4.90. The van der Waals surface area contributed by atoms with Gasteiger partial charge in [-0.25, -0.2) is 4.79 Å². The van der Waals surface area contributed by atoms with Gasteiger partial charge in [-0.2, -0.15) is 0 Å². The van der Waals surface area contributed by atoms with Gasteiger partial charge in [-0.3, -0.25) is 0 Å². The van der Waals surface area contributed by atoms with E-state index in [1.807, 2.05) is 30.3 Å². The second-order valence-electron chi connectivity index (χ2n) is 5.73. The average molecular weight is 337 g/mol. The van der Waals surface area contributed by atoms with Crippen LogP contribution in [0, 0.1) is 13.8 Å². The fourth-order valence-corrected chi connectivity index (χ4v) is 2.65.